The van der Waals surface area contributed by atoms with Crippen LogP contribution in [0.1, 0.15) is 63.9 Å². The number of amides is 1. The molecule has 0 spiro atoms. The fraction of sp³-hybridized carbons (Fsp3) is 0.345. The standard InChI is InChI=1S/C26H29N5O3.C2H6.CH4/c1-15-28-11-10-22(29-15)34-21-9-7-8-16-12-20(31(5)23(16)21)25(32)30-19-14-17(26(2,3)4)13-18(27)24(19)33-6;1-2;/h7-14H,27H2,1-6H3,(H,30,32);1-2H3;1H4. The molecule has 8 nitrogen and oxygen atoms in total. The van der Waals surface area contributed by atoms with Gasteiger partial charge < -0.3 is 25.1 Å². The number of benzene rings is 2. The maximum atomic E-state index is 13.4. The van der Waals surface area contributed by atoms with Gasteiger partial charge in [-0.3, -0.25) is 4.79 Å². The number of carbonyl (C=O) groups excluding carboxylic acids is 1. The number of anilines is 2. The van der Waals surface area contributed by atoms with Gasteiger partial charge in [-0.15, -0.1) is 0 Å². The summed E-state index contributed by atoms with van der Waals surface area (Å²) in [5.41, 5.74) is 9.31. The van der Waals surface area contributed by atoms with E-state index in [0.717, 1.165) is 16.5 Å². The molecular weight excluding hydrogens is 466 g/mol. The quantitative estimate of drug-likeness (QED) is 0.287. The Morgan fingerprint density at radius 2 is 1.81 bits per heavy atom. The van der Waals surface area contributed by atoms with E-state index in [-0.39, 0.29) is 18.7 Å². The Balaban J connectivity index is 0.00000157. The summed E-state index contributed by atoms with van der Waals surface area (Å²) in [6, 6.07) is 13.0. The van der Waals surface area contributed by atoms with E-state index in [1.54, 1.807) is 23.8 Å². The van der Waals surface area contributed by atoms with Gasteiger partial charge in [0.25, 0.3) is 5.91 Å². The van der Waals surface area contributed by atoms with Crippen molar-refractivity contribution in [3.05, 3.63) is 65.7 Å². The van der Waals surface area contributed by atoms with Crippen LogP contribution in [0.3, 0.4) is 0 Å². The number of nitrogen functional groups attached to an aromatic ring is 1. The zero-order valence-electron chi connectivity index (χ0n) is 22.3. The lowest BCUT2D eigenvalue weighted by molar-refractivity contribution is 0.101. The highest BCUT2D eigenvalue weighted by Crippen LogP contribution is 2.37. The Bertz CT molecular complexity index is 1390. The third kappa shape index (κ3) is 6.20. The second-order valence-electron chi connectivity index (χ2n) is 9.18. The number of hydrogen-bond acceptors (Lipinski definition) is 6. The van der Waals surface area contributed by atoms with Crippen molar-refractivity contribution in [3.8, 4) is 17.4 Å². The van der Waals surface area contributed by atoms with Gasteiger partial charge in [0, 0.05) is 24.7 Å². The molecule has 0 aliphatic rings. The first-order valence-corrected chi connectivity index (χ1v) is 11.9. The van der Waals surface area contributed by atoms with Gasteiger partial charge in [-0.2, -0.15) is 4.98 Å². The molecule has 0 aliphatic heterocycles. The van der Waals surface area contributed by atoms with Crippen LogP contribution >= 0.6 is 0 Å². The molecular formula is C29H39N5O3. The topological polar surface area (TPSA) is 104 Å². The smallest absolute Gasteiger partial charge is 0.272 e. The average Bonchev–Trinajstić information content (AvgIpc) is 3.17. The molecule has 0 fully saturated rings. The van der Waals surface area contributed by atoms with E-state index in [2.05, 4.69) is 36.1 Å². The number of nitrogens with one attached hydrogen (secondary N) is 1. The third-order valence-corrected chi connectivity index (χ3v) is 5.65. The predicted molar refractivity (Wildman–Crippen MR) is 152 cm³/mol. The van der Waals surface area contributed by atoms with Gasteiger partial charge in [0.05, 0.1) is 24.0 Å². The monoisotopic (exact) mass is 505 g/mol. The number of aromatic nitrogens is 3. The number of fused-ring (bicyclic) bond motifs is 1. The number of nitrogens with two attached hydrogens (primary N) is 1. The van der Waals surface area contributed by atoms with Gasteiger partial charge in [0.15, 0.2) is 11.5 Å². The van der Waals surface area contributed by atoms with Crippen LogP contribution in [-0.2, 0) is 12.5 Å². The van der Waals surface area contributed by atoms with Crippen LogP contribution in [0.2, 0.25) is 0 Å². The largest absolute Gasteiger partial charge is 0.492 e. The summed E-state index contributed by atoms with van der Waals surface area (Å²) in [6.07, 6.45) is 1.65. The molecule has 4 rings (SSSR count). The molecule has 0 saturated carbocycles. The Morgan fingerprint density at radius 1 is 1.11 bits per heavy atom. The van der Waals surface area contributed by atoms with Crippen molar-refractivity contribution in [2.24, 2.45) is 7.05 Å². The maximum Gasteiger partial charge on any atom is 0.272 e. The number of nitrogens with zero attached hydrogens (tertiary/aromatic N) is 3. The Hall–Kier alpha value is -4.07. The second kappa shape index (κ2) is 11.8. The summed E-state index contributed by atoms with van der Waals surface area (Å²) in [7, 11) is 3.36. The number of methoxy groups -OCH3 is 1. The Kier molecular flexibility index (Phi) is 9.28. The van der Waals surface area contributed by atoms with Crippen molar-refractivity contribution < 1.29 is 14.3 Å². The van der Waals surface area contributed by atoms with Crippen molar-refractivity contribution in [1.29, 1.82) is 0 Å². The molecule has 1 amide bonds. The number of ether oxygens (including phenoxy) is 2. The van der Waals surface area contributed by atoms with E-state index in [1.807, 2.05) is 57.3 Å². The first kappa shape index (κ1) is 29.2. The number of carbonyl (C=O) groups is 1. The van der Waals surface area contributed by atoms with Gasteiger partial charge >= 0.3 is 0 Å². The van der Waals surface area contributed by atoms with Crippen LogP contribution in [0.25, 0.3) is 10.9 Å². The Morgan fingerprint density at radius 3 is 2.43 bits per heavy atom. The lowest BCUT2D eigenvalue weighted by Gasteiger charge is -2.22. The minimum absolute atomic E-state index is 0. The van der Waals surface area contributed by atoms with Gasteiger partial charge in [-0.05, 0) is 42.2 Å². The molecule has 0 atom stereocenters. The fourth-order valence-electron chi connectivity index (χ4n) is 3.87. The van der Waals surface area contributed by atoms with Crippen LogP contribution in [0.4, 0.5) is 11.4 Å². The molecule has 3 N–H and O–H groups in total. The second-order valence-corrected chi connectivity index (χ2v) is 9.18. The summed E-state index contributed by atoms with van der Waals surface area (Å²) >= 11 is 0. The highest BCUT2D eigenvalue weighted by atomic mass is 16.5. The van der Waals surface area contributed by atoms with Crippen LogP contribution < -0.4 is 20.5 Å². The van der Waals surface area contributed by atoms with Crippen LogP contribution in [0.5, 0.6) is 17.4 Å². The lowest BCUT2D eigenvalue weighted by Crippen LogP contribution is -2.18. The van der Waals surface area contributed by atoms with Crippen LogP contribution in [0, 0.1) is 6.92 Å². The summed E-state index contributed by atoms with van der Waals surface area (Å²) in [5.74, 6) is 1.79. The first-order chi connectivity index (χ1) is 17.1. The molecule has 0 unspecified atom stereocenters. The molecule has 198 valence electrons. The van der Waals surface area contributed by atoms with Gasteiger partial charge in [-0.25, -0.2) is 4.98 Å². The highest BCUT2D eigenvalue weighted by molar-refractivity contribution is 6.08. The molecule has 8 heteroatoms. The van der Waals surface area contributed by atoms with E-state index < -0.39 is 0 Å². The molecule has 0 bridgehead atoms. The molecule has 37 heavy (non-hydrogen) atoms. The fourth-order valence-corrected chi connectivity index (χ4v) is 3.87. The normalized spacial score (nSPS) is 10.7. The highest BCUT2D eigenvalue weighted by Gasteiger charge is 2.22. The van der Waals surface area contributed by atoms with E-state index >= 15 is 0 Å². The van der Waals surface area contributed by atoms with Gasteiger partial charge in [-0.1, -0.05) is 54.2 Å². The minimum atomic E-state index is -0.286. The summed E-state index contributed by atoms with van der Waals surface area (Å²) in [5, 5.41) is 3.85. The molecule has 2 heterocycles. The Labute approximate surface area is 219 Å². The van der Waals surface area contributed by atoms with Crippen molar-refractivity contribution in [3.63, 3.8) is 0 Å². The van der Waals surface area contributed by atoms with Gasteiger partial charge in [0.2, 0.25) is 5.88 Å². The summed E-state index contributed by atoms with van der Waals surface area (Å²) < 4.78 is 13.3. The predicted octanol–water partition coefficient (Wildman–Crippen LogP) is 6.87. The molecule has 4 aromatic rings. The zero-order chi connectivity index (χ0) is 26.6. The molecule has 0 aliphatic carbocycles. The molecule has 2 aromatic carbocycles. The van der Waals surface area contributed by atoms with E-state index in [4.69, 9.17) is 15.2 Å². The van der Waals surface area contributed by atoms with E-state index in [1.165, 1.54) is 7.11 Å². The number of aryl methyl sites for hydroxylation is 2. The number of rotatable bonds is 5. The van der Waals surface area contributed by atoms with Crippen molar-refractivity contribution in [2.75, 3.05) is 18.2 Å². The molecule has 0 saturated heterocycles. The van der Waals surface area contributed by atoms with Crippen molar-refractivity contribution in [2.45, 2.75) is 54.4 Å². The van der Waals surface area contributed by atoms with Gasteiger partial charge in [0.1, 0.15) is 11.5 Å². The number of para-hydroxylation sites is 1. The first-order valence-electron chi connectivity index (χ1n) is 11.9. The zero-order valence-corrected chi connectivity index (χ0v) is 22.3. The van der Waals surface area contributed by atoms with Crippen molar-refractivity contribution >= 4 is 28.2 Å². The van der Waals surface area contributed by atoms with E-state index in [9.17, 15) is 4.79 Å². The van der Waals surface area contributed by atoms with Crippen LogP contribution in [0.15, 0.2) is 48.7 Å². The average molecular weight is 506 g/mol. The van der Waals surface area contributed by atoms with E-state index in [0.29, 0.717) is 40.3 Å². The summed E-state index contributed by atoms with van der Waals surface area (Å²) in [6.45, 7) is 12.1. The molecule has 2 aromatic heterocycles. The number of hydrogen-bond donors (Lipinski definition) is 2. The summed E-state index contributed by atoms with van der Waals surface area (Å²) in [4.78, 5) is 21.8. The van der Waals surface area contributed by atoms with Crippen molar-refractivity contribution in [1.82, 2.24) is 14.5 Å². The molecule has 0 radical (unpaired) electrons. The maximum absolute atomic E-state index is 13.4. The third-order valence-electron chi connectivity index (χ3n) is 5.65. The minimum Gasteiger partial charge on any atom is -0.492 e. The lowest BCUT2D eigenvalue weighted by atomic mass is 9.86. The van der Waals surface area contributed by atoms with Crippen LogP contribution in [-0.4, -0.2) is 27.6 Å². The SMILES string of the molecule is C.CC.COc1c(N)cc(C(C)(C)C)cc1NC(=O)c1cc2cccc(Oc3ccnc(C)n3)c2n1C.